The van der Waals surface area contributed by atoms with Crippen LogP contribution in [-0.4, -0.2) is 113 Å². The van der Waals surface area contributed by atoms with Crippen molar-refractivity contribution in [2.24, 2.45) is 0 Å². The van der Waals surface area contributed by atoms with Gasteiger partial charge in [-0.3, -0.25) is 4.79 Å². The van der Waals surface area contributed by atoms with Crippen LogP contribution in [0.3, 0.4) is 0 Å². The molecule has 0 radical (unpaired) electrons. The number of hydrogen-bond donors (Lipinski definition) is 2. The van der Waals surface area contributed by atoms with E-state index in [4.69, 9.17) is 29.4 Å². The molecule has 0 aliphatic carbocycles. The molecule has 3 heterocycles. The van der Waals surface area contributed by atoms with Crippen LogP contribution in [-0.2, 0) is 41.3 Å². The summed E-state index contributed by atoms with van der Waals surface area (Å²) >= 11 is 0. The molecule has 2 aliphatic rings. The van der Waals surface area contributed by atoms with Crippen LogP contribution in [0, 0.1) is 0 Å². The minimum Gasteiger partial charge on any atom is -0.489 e. The zero-order chi connectivity index (χ0) is 41.9. The third kappa shape index (κ3) is 16.3. The first-order valence-electron chi connectivity index (χ1n) is 18.6. The molecule has 2 aliphatic heterocycles. The van der Waals surface area contributed by atoms with E-state index in [-0.39, 0.29) is 56.5 Å². The predicted molar refractivity (Wildman–Crippen MR) is 218 cm³/mol. The summed E-state index contributed by atoms with van der Waals surface area (Å²) in [4.78, 5) is 48.0. The standard InChI is InChI=1S/C33H42N6O8S.C5H12O.C2H6/c1-33(2,3)47-32(42)38(4)22-24-7-5-8-26-29(24)46-20-19-45-18-17-44-16-14-39(13-6-15-40)48(43)25-11-9-23(10-12-25)27-21-35-30(34)28(36-27)31(41)37-26;1-5(2,3)6-4;1-2/h5,7-12,15,21H,6,13-14,16-20,22H2,1-4H3,(H2,34,35)(H,37,41);1-4H3;1-2H3. The molecule has 15 nitrogen and oxygen atoms in total. The quantitative estimate of drug-likeness (QED) is 0.222. The number of rotatable bonds is 5. The van der Waals surface area contributed by atoms with Gasteiger partial charge in [0.1, 0.15) is 35.2 Å². The molecule has 3 N–H and O–H groups in total. The fourth-order valence-corrected chi connectivity index (χ4v) is 5.76. The van der Waals surface area contributed by atoms with Crippen molar-refractivity contribution in [3.63, 3.8) is 0 Å². The molecule has 2 aromatic carbocycles. The molecule has 2 amide bonds. The number of benzene rings is 2. The normalized spacial score (nSPS) is 15.8. The zero-order valence-electron chi connectivity index (χ0n) is 34.5. The molecule has 0 saturated heterocycles. The Morgan fingerprint density at radius 3 is 2.23 bits per heavy atom. The molecule has 1 atom stereocenters. The van der Waals surface area contributed by atoms with Crippen molar-refractivity contribution in [1.29, 1.82) is 0 Å². The Kier molecular flexibility index (Phi) is 20.1. The number of methoxy groups -OCH3 is 1. The Labute approximate surface area is 334 Å². The molecule has 0 saturated carbocycles. The minimum absolute atomic E-state index is 0.0417. The number of nitrogens with zero attached hydrogens (tertiary/aromatic N) is 4. The van der Waals surface area contributed by atoms with Crippen molar-refractivity contribution in [2.75, 3.05) is 71.3 Å². The molecule has 4 bridgehead atoms. The SMILES string of the molecule is CC.CN(Cc1cccc2c1OCCOCCOCCN(CCC=O)S(=O)c1ccc(cc1)-c1cnc(N)c(n1)C(=O)N2)C(=O)OC(C)(C)C.COC(C)(C)C. The molecule has 5 rings (SSSR count). The third-order valence-electron chi connectivity index (χ3n) is 7.50. The fourth-order valence-electron chi connectivity index (χ4n) is 4.58. The topological polar surface area (TPSA) is 185 Å². The number of nitrogens with one attached hydrogen (secondary N) is 1. The number of hydrogen-bond acceptors (Lipinski definition) is 12. The van der Waals surface area contributed by atoms with E-state index in [1.54, 1.807) is 81.7 Å². The van der Waals surface area contributed by atoms with Gasteiger partial charge >= 0.3 is 6.09 Å². The van der Waals surface area contributed by atoms with Gasteiger partial charge in [-0.05, 0) is 59.7 Å². The number of aldehydes is 1. The number of fused-ring (bicyclic) bond motifs is 13. The highest BCUT2D eigenvalue weighted by Gasteiger charge is 2.23. The molecule has 3 aromatic rings. The number of nitrogens with two attached hydrogens (primary N) is 1. The summed E-state index contributed by atoms with van der Waals surface area (Å²) in [7, 11) is 1.77. The van der Waals surface area contributed by atoms with Gasteiger partial charge in [0.25, 0.3) is 5.91 Å². The van der Waals surface area contributed by atoms with Gasteiger partial charge in [-0.25, -0.2) is 23.3 Å². The van der Waals surface area contributed by atoms with Gasteiger partial charge in [0.15, 0.2) is 11.5 Å². The number of amides is 2. The second-order valence-corrected chi connectivity index (χ2v) is 15.6. The molecule has 56 heavy (non-hydrogen) atoms. The second-order valence-electron chi connectivity index (χ2n) is 14.1. The van der Waals surface area contributed by atoms with E-state index >= 15 is 0 Å². The smallest absolute Gasteiger partial charge is 0.410 e. The van der Waals surface area contributed by atoms with Crippen LogP contribution in [0.1, 0.15) is 77.9 Å². The highest BCUT2D eigenvalue weighted by molar-refractivity contribution is 7.82. The Balaban J connectivity index is 0.00000123. The van der Waals surface area contributed by atoms with Gasteiger partial charge in [0, 0.05) is 44.8 Å². The molecular formula is C40H60N6O9S. The van der Waals surface area contributed by atoms with Gasteiger partial charge in [-0.2, -0.15) is 0 Å². The maximum absolute atomic E-state index is 13.6. The van der Waals surface area contributed by atoms with E-state index in [0.29, 0.717) is 52.8 Å². The summed E-state index contributed by atoms with van der Waals surface area (Å²) < 4.78 is 43.0. The number of anilines is 2. The Bertz CT molecular complexity index is 1710. The lowest BCUT2D eigenvalue weighted by molar-refractivity contribution is -0.108. The summed E-state index contributed by atoms with van der Waals surface area (Å²) in [6.45, 7) is 17.4. The van der Waals surface area contributed by atoms with E-state index in [2.05, 4.69) is 15.3 Å². The zero-order valence-corrected chi connectivity index (χ0v) is 35.3. The van der Waals surface area contributed by atoms with Crippen LogP contribution in [0.5, 0.6) is 5.75 Å². The van der Waals surface area contributed by atoms with Crippen molar-refractivity contribution in [2.45, 2.75) is 84.5 Å². The van der Waals surface area contributed by atoms with E-state index in [1.807, 2.05) is 34.6 Å². The largest absolute Gasteiger partial charge is 0.489 e. The molecule has 310 valence electrons. The van der Waals surface area contributed by atoms with E-state index in [1.165, 1.54) is 11.1 Å². The van der Waals surface area contributed by atoms with Gasteiger partial charge in [0.2, 0.25) is 0 Å². The lowest BCUT2D eigenvalue weighted by Crippen LogP contribution is -2.34. The summed E-state index contributed by atoms with van der Waals surface area (Å²) in [5.74, 6) is -0.360. The van der Waals surface area contributed by atoms with Crippen molar-refractivity contribution in [1.82, 2.24) is 19.2 Å². The number of para-hydroxylation sites is 1. The Morgan fingerprint density at radius 2 is 1.62 bits per heavy atom. The summed E-state index contributed by atoms with van der Waals surface area (Å²) in [5, 5.41) is 2.84. The first kappa shape index (κ1) is 47.7. The molecule has 1 aromatic heterocycles. The van der Waals surface area contributed by atoms with E-state index in [9.17, 15) is 18.6 Å². The van der Waals surface area contributed by atoms with Crippen LogP contribution in [0.2, 0.25) is 0 Å². The fraction of sp³-hybridized carbons (Fsp3) is 0.525. The number of ether oxygens (including phenoxy) is 5. The van der Waals surface area contributed by atoms with Crippen LogP contribution < -0.4 is 15.8 Å². The van der Waals surface area contributed by atoms with Crippen molar-refractivity contribution >= 4 is 40.8 Å². The number of nitrogen functional groups attached to an aromatic ring is 1. The van der Waals surface area contributed by atoms with Gasteiger partial charge in [-0.1, -0.05) is 38.1 Å². The molecule has 16 heteroatoms. The molecule has 0 fully saturated rings. The molecule has 0 spiro atoms. The van der Waals surface area contributed by atoms with E-state index in [0.717, 1.165) is 6.29 Å². The molecular weight excluding hydrogens is 741 g/mol. The Morgan fingerprint density at radius 1 is 1.00 bits per heavy atom. The highest BCUT2D eigenvalue weighted by Crippen LogP contribution is 2.31. The maximum atomic E-state index is 13.6. The van der Waals surface area contributed by atoms with Crippen molar-refractivity contribution < 1.29 is 42.3 Å². The van der Waals surface area contributed by atoms with Gasteiger partial charge in [-0.15, -0.1) is 0 Å². The monoisotopic (exact) mass is 800 g/mol. The predicted octanol–water partition coefficient (Wildman–Crippen LogP) is 6.14. The minimum atomic E-state index is -1.54. The van der Waals surface area contributed by atoms with Crippen LogP contribution in [0.15, 0.2) is 53.6 Å². The van der Waals surface area contributed by atoms with Crippen molar-refractivity contribution in [3.05, 3.63) is 59.9 Å². The molecule has 1 unspecified atom stereocenters. The van der Waals surface area contributed by atoms with E-state index < -0.39 is 28.6 Å². The van der Waals surface area contributed by atoms with Crippen LogP contribution in [0.4, 0.5) is 16.3 Å². The first-order valence-corrected chi connectivity index (χ1v) is 19.7. The van der Waals surface area contributed by atoms with Crippen LogP contribution >= 0.6 is 0 Å². The summed E-state index contributed by atoms with van der Waals surface area (Å²) in [6.07, 6.45) is 1.94. The Hall–Kier alpha value is -4.48. The van der Waals surface area contributed by atoms with Crippen LogP contribution in [0.25, 0.3) is 11.3 Å². The third-order valence-corrected chi connectivity index (χ3v) is 9.01. The van der Waals surface area contributed by atoms with Crippen molar-refractivity contribution in [3.8, 4) is 17.0 Å². The lowest BCUT2D eigenvalue weighted by Gasteiger charge is -2.25. The van der Waals surface area contributed by atoms with Gasteiger partial charge in [0.05, 0.1) is 61.0 Å². The number of carbonyl (C=O) groups excluding carboxylic acids is 3. The number of aromatic nitrogens is 2. The average Bonchev–Trinajstić information content (AvgIpc) is 3.15. The lowest BCUT2D eigenvalue weighted by atomic mass is 10.1. The first-order chi connectivity index (χ1) is 26.5. The second kappa shape index (κ2) is 23.6. The van der Waals surface area contributed by atoms with Gasteiger partial charge < -0.3 is 44.4 Å². The highest BCUT2D eigenvalue weighted by atomic mass is 32.2. The average molecular weight is 801 g/mol. The number of carbonyl (C=O) groups is 3. The summed E-state index contributed by atoms with van der Waals surface area (Å²) in [5.41, 5.74) is 7.31. The maximum Gasteiger partial charge on any atom is 0.410 e. The summed E-state index contributed by atoms with van der Waals surface area (Å²) in [6, 6.07) is 12.0.